The number of carbonyl (C=O) groups is 2. The number of methoxy groups -OCH3 is 1. The molecular weight excluding hydrogens is 260 g/mol. The number of nitrogens with one attached hydrogen (secondary N) is 1. The van der Waals surface area contributed by atoms with Crippen LogP contribution in [0.15, 0.2) is 24.3 Å². The van der Waals surface area contributed by atoms with Crippen molar-refractivity contribution < 1.29 is 19.1 Å². The van der Waals surface area contributed by atoms with Gasteiger partial charge in [0.25, 0.3) is 5.91 Å². The van der Waals surface area contributed by atoms with E-state index in [2.05, 4.69) is 10.1 Å². The maximum absolute atomic E-state index is 11.9. The van der Waals surface area contributed by atoms with Gasteiger partial charge in [0.15, 0.2) is 5.60 Å². The number of benzene rings is 1. The van der Waals surface area contributed by atoms with Gasteiger partial charge in [0.2, 0.25) is 0 Å². The van der Waals surface area contributed by atoms with E-state index in [1.807, 2.05) is 6.07 Å². The Balaban J connectivity index is 2.65. The highest BCUT2D eigenvalue weighted by atomic mass is 16.5. The highest BCUT2D eigenvalue weighted by molar-refractivity contribution is 5.87. The van der Waals surface area contributed by atoms with E-state index in [4.69, 9.17) is 10.00 Å². The molecule has 0 heterocycles. The molecule has 0 saturated heterocycles. The molecule has 1 aromatic carbocycles. The van der Waals surface area contributed by atoms with Crippen LogP contribution in [0.5, 0.6) is 5.75 Å². The molecule has 0 aliphatic rings. The predicted molar refractivity (Wildman–Crippen MR) is 70.9 cm³/mol. The van der Waals surface area contributed by atoms with Gasteiger partial charge in [-0.05, 0) is 38.1 Å². The lowest BCUT2D eigenvalue weighted by Crippen LogP contribution is -2.48. The van der Waals surface area contributed by atoms with Gasteiger partial charge in [0.1, 0.15) is 12.3 Å². The Morgan fingerprint density at radius 3 is 2.40 bits per heavy atom. The summed E-state index contributed by atoms with van der Waals surface area (Å²) in [5.74, 6) is -0.512. The van der Waals surface area contributed by atoms with Crippen LogP contribution in [0, 0.1) is 11.3 Å². The second kappa shape index (κ2) is 6.57. The van der Waals surface area contributed by atoms with Crippen LogP contribution in [0.4, 0.5) is 0 Å². The van der Waals surface area contributed by atoms with E-state index in [0.717, 1.165) is 0 Å². The Bertz CT molecular complexity index is 529. The van der Waals surface area contributed by atoms with Gasteiger partial charge in [0.05, 0.1) is 18.7 Å². The molecule has 0 saturated carbocycles. The molecule has 0 fully saturated rings. The molecule has 0 unspecified atom stereocenters. The first-order chi connectivity index (χ1) is 9.39. The fourth-order valence-corrected chi connectivity index (χ4v) is 1.38. The summed E-state index contributed by atoms with van der Waals surface area (Å²) in [5.41, 5.74) is -0.646. The third kappa shape index (κ3) is 4.28. The van der Waals surface area contributed by atoms with Crippen molar-refractivity contribution in [3.8, 4) is 11.8 Å². The van der Waals surface area contributed by atoms with Gasteiger partial charge in [0, 0.05) is 0 Å². The maximum Gasteiger partial charge on any atom is 0.325 e. The van der Waals surface area contributed by atoms with E-state index in [0.29, 0.717) is 11.3 Å². The summed E-state index contributed by atoms with van der Waals surface area (Å²) in [6.07, 6.45) is 0. The zero-order valence-corrected chi connectivity index (χ0v) is 11.6. The fraction of sp³-hybridized carbons (Fsp3) is 0.357. The molecule has 0 bridgehead atoms. The number of nitriles is 1. The number of carbonyl (C=O) groups excluding carboxylic acids is 2. The second-order valence-corrected chi connectivity index (χ2v) is 4.51. The van der Waals surface area contributed by atoms with Gasteiger partial charge >= 0.3 is 5.97 Å². The summed E-state index contributed by atoms with van der Waals surface area (Å²) in [5, 5.41) is 11.1. The molecule has 1 amide bonds. The average molecular weight is 276 g/mol. The number of esters is 1. The van der Waals surface area contributed by atoms with E-state index in [-0.39, 0.29) is 6.54 Å². The van der Waals surface area contributed by atoms with Crippen LogP contribution in [-0.4, -0.2) is 31.1 Å². The first-order valence-corrected chi connectivity index (χ1v) is 5.93. The molecule has 1 rings (SSSR count). The van der Waals surface area contributed by atoms with E-state index in [1.54, 1.807) is 38.1 Å². The standard InChI is InChI=1S/C14H16N2O4/c1-14(2,13(18)16-9-12(17)19-3)20-11-6-4-10(8-15)5-7-11/h4-7H,9H2,1-3H3,(H,16,18). The average Bonchev–Trinajstić information content (AvgIpc) is 2.44. The summed E-state index contributed by atoms with van der Waals surface area (Å²) < 4.78 is 9.99. The van der Waals surface area contributed by atoms with Gasteiger partial charge in [-0.1, -0.05) is 0 Å². The molecule has 1 N–H and O–H groups in total. The zero-order chi connectivity index (χ0) is 15.2. The number of ether oxygens (including phenoxy) is 2. The number of rotatable bonds is 5. The minimum Gasteiger partial charge on any atom is -0.478 e. The van der Waals surface area contributed by atoms with Crippen LogP contribution in [0.2, 0.25) is 0 Å². The van der Waals surface area contributed by atoms with Crippen molar-refractivity contribution in [2.75, 3.05) is 13.7 Å². The molecule has 20 heavy (non-hydrogen) atoms. The molecule has 6 heteroatoms. The Morgan fingerprint density at radius 2 is 1.90 bits per heavy atom. The van der Waals surface area contributed by atoms with Crippen molar-refractivity contribution in [3.05, 3.63) is 29.8 Å². The fourth-order valence-electron chi connectivity index (χ4n) is 1.38. The van der Waals surface area contributed by atoms with E-state index in [9.17, 15) is 9.59 Å². The van der Waals surface area contributed by atoms with Crippen LogP contribution in [0.1, 0.15) is 19.4 Å². The summed E-state index contributed by atoms with van der Waals surface area (Å²) in [6, 6.07) is 8.39. The first-order valence-electron chi connectivity index (χ1n) is 5.93. The normalized spacial score (nSPS) is 10.3. The van der Waals surface area contributed by atoms with Crippen LogP contribution >= 0.6 is 0 Å². The smallest absolute Gasteiger partial charge is 0.325 e. The SMILES string of the molecule is COC(=O)CNC(=O)C(C)(C)Oc1ccc(C#N)cc1. The lowest BCUT2D eigenvalue weighted by Gasteiger charge is -2.25. The third-order valence-electron chi connectivity index (χ3n) is 2.52. The second-order valence-electron chi connectivity index (χ2n) is 4.51. The predicted octanol–water partition coefficient (Wildman–Crippen LogP) is 1.00. The molecule has 0 spiro atoms. The van der Waals surface area contributed by atoms with Gasteiger partial charge < -0.3 is 14.8 Å². The Labute approximate surface area is 117 Å². The molecule has 6 nitrogen and oxygen atoms in total. The van der Waals surface area contributed by atoms with Crippen molar-refractivity contribution in [3.63, 3.8) is 0 Å². The summed E-state index contributed by atoms with van der Waals surface area (Å²) in [7, 11) is 1.24. The number of hydrogen-bond donors (Lipinski definition) is 1. The van der Waals surface area contributed by atoms with Gasteiger partial charge in [-0.3, -0.25) is 9.59 Å². The van der Waals surface area contributed by atoms with Crippen LogP contribution in [-0.2, 0) is 14.3 Å². The van der Waals surface area contributed by atoms with Crippen molar-refractivity contribution >= 4 is 11.9 Å². The molecule has 0 aliphatic carbocycles. The lowest BCUT2D eigenvalue weighted by atomic mass is 10.1. The first kappa shape index (κ1) is 15.5. The molecular formula is C14H16N2O4. The van der Waals surface area contributed by atoms with E-state index < -0.39 is 17.5 Å². The number of amides is 1. The van der Waals surface area contributed by atoms with Gasteiger partial charge in [-0.25, -0.2) is 0 Å². The molecule has 0 atom stereocenters. The molecule has 0 radical (unpaired) electrons. The van der Waals surface area contributed by atoms with Gasteiger partial charge in [-0.2, -0.15) is 5.26 Å². The largest absolute Gasteiger partial charge is 0.478 e. The molecule has 0 aliphatic heterocycles. The Hall–Kier alpha value is -2.55. The third-order valence-corrected chi connectivity index (χ3v) is 2.52. The van der Waals surface area contributed by atoms with Gasteiger partial charge in [-0.15, -0.1) is 0 Å². The monoisotopic (exact) mass is 276 g/mol. The molecule has 1 aromatic rings. The maximum atomic E-state index is 11.9. The highest BCUT2D eigenvalue weighted by Crippen LogP contribution is 2.19. The van der Waals surface area contributed by atoms with Crippen molar-refractivity contribution in [1.29, 1.82) is 5.26 Å². The van der Waals surface area contributed by atoms with Crippen LogP contribution in [0.3, 0.4) is 0 Å². The minimum absolute atomic E-state index is 0.213. The molecule has 106 valence electrons. The summed E-state index contributed by atoms with van der Waals surface area (Å²) in [6.45, 7) is 2.95. The molecule has 0 aromatic heterocycles. The topological polar surface area (TPSA) is 88.4 Å². The van der Waals surface area contributed by atoms with Crippen molar-refractivity contribution in [2.45, 2.75) is 19.4 Å². The quantitative estimate of drug-likeness (QED) is 0.811. The minimum atomic E-state index is -1.15. The lowest BCUT2D eigenvalue weighted by molar-refractivity contribution is -0.143. The Morgan fingerprint density at radius 1 is 1.30 bits per heavy atom. The Kier molecular flexibility index (Phi) is 5.09. The number of hydrogen-bond acceptors (Lipinski definition) is 5. The van der Waals surface area contributed by atoms with Crippen molar-refractivity contribution in [1.82, 2.24) is 5.32 Å². The summed E-state index contributed by atoms with van der Waals surface area (Å²) in [4.78, 5) is 22.9. The van der Waals surface area contributed by atoms with Crippen LogP contribution in [0.25, 0.3) is 0 Å². The van der Waals surface area contributed by atoms with Crippen molar-refractivity contribution in [2.24, 2.45) is 0 Å². The zero-order valence-electron chi connectivity index (χ0n) is 11.6. The van der Waals surface area contributed by atoms with Crippen LogP contribution < -0.4 is 10.1 Å². The van der Waals surface area contributed by atoms with E-state index >= 15 is 0 Å². The van der Waals surface area contributed by atoms with E-state index in [1.165, 1.54) is 7.11 Å². The summed E-state index contributed by atoms with van der Waals surface area (Å²) >= 11 is 0. The number of nitrogens with zero attached hydrogens (tertiary/aromatic N) is 1. The highest BCUT2D eigenvalue weighted by Gasteiger charge is 2.30.